The molecule has 37 heavy (non-hydrogen) atoms. The van der Waals surface area contributed by atoms with Crippen molar-refractivity contribution in [1.29, 1.82) is 0 Å². The minimum atomic E-state index is -4.52. The number of carbonyl (C=O) groups excluding carboxylic acids is 2. The van der Waals surface area contributed by atoms with E-state index in [0.717, 1.165) is 17.0 Å². The van der Waals surface area contributed by atoms with Crippen molar-refractivity contribution >= 4 is 29.3 Å². The molecular formula is C24H24ClF3N4O5. The number of alkyl halides is 3. The smallest absolute Gasteiger partial charge is 0.421 e. The highest BCUT2D eigenvalue weighted by Crippen LogP contribution is 2.36. The van der Waals surface area contributed by atoms with E-state index >= 15 is 0 Å². The molecule has 0 spiro atoms. The Bertz CT molecular complexity index is 1260. The van der Waals surface area contributed by atoms with E-state index in [9.17, 15) is 22.8 Å². The first-order valence-corrected chi connectivity index (χ1v) is 11.5. The van der Waals surface area contributed by atoms with E-state index < -0.39 is 29.7 Å². The van der Waals surface area contributed by atoms with Crippen LogP contribution < -0.4 is 14.4 Å². The van der Waals surface area contributed by atoms with Gasteiger partial charge in [0.15, 0.2) is 16.7 Å². The molecule has 1 atom stereocenters. The Kier molecular flexibility index (Phi) is 8.64. The average molecular weight is 541 g/mol. The van der Waals surface area contributed by atoms with Crippen LogP contribution in [-0.2, 0) is 22.3 Å². The van der Waals surface area contributed by atoms with Crippen LogP contribution in [0.2, 0.25) is 5.15 Å². The van der Waals surface area contributed by atoms with Crippen LogP contribution in [0.15, 0.2) is 42.7 Å². The van der Waals surface area contributed by atoms with E-state index in [-0.39, 0.29) is 34.8 Å². The summed E-state index contributed by atoms with van der Waals surface area (Å²) in [4.78, 5) is 30.7. The molecule has 0 saturated heterocycles. The number of anilines is 1. The van der Waals surface area contributed by atoms with E-state index in [1.54, 1.807) is 26.8 Å². The molecular weight excluding hydrogens is 517 g/mol. The zero-order valence-electron chi connectivity index (χ0n) is 20.4. The average Bonchev–Trinajstić information content (AvgIpc) is 3.23. The highest BCUT2D eigenvalue weighted by molar-refractivity contribution is 6.34. The van der Waals surface area contributed by atoms with Gasteiger partial charge in [-0.15, -0.1) is 0 Å². The SMILES string of the molecule is CCOC(=O)N(C(=O)C(C)c1ccc(Oc2ccc(C(F)(F)F)cn2)c(OC)c1)c1cnn(CC)c1Cl. The lowest BCUT2D eigenvalue weighted by molar-refractivity contribution is -0.137. The Morgan fingerprint density at radius 2 is 1.86 bits per heavy atom. The summed E-state index contributed by atoms with van der Waals surface area (Å²) in [5, 5.41) is 4.19. The molecule has 1 unspecified atom stereocenters. The van der Waals surface area contributed by atoms with Crippen molar-refractivity contribution in [1.82, 2.24) is 14.8 Å². The number of carbonyl (C=O) groups is 2. The van der Waals surface area contributed by atoms with Gasteiger partial charge in [-0.2, -0.15) is 18.3 Å². The second kappa shape index (κ2) is 11.5. The van der Waals surface area contributed by atoms with E-state index in [1.807, 2.05) is 0 Å². The molecule has 0 radical (unpaired) electrons. The minimum absolute atomic E-state index is 0.0361. The number of nitrogens with zero attached hydrogens (tertiary/aromatic N) is 4. The lowest BCUT2D eigenvalue weighted by atomic mass is 9.99. The van der Waals surface area contributed by atoms with Crippen LogP contribution in [0.1, 0.15) is 37.8 Å². The van der Waals surface area contributed by atoms with Gasteiger partial charge in [-0.3, -0.25) is 9.48 Å². The summed E-state index contributed by atoms with van der Waals surface area (Å²) in [7, 11) is 1.36. The summed E-state index contributed by atoms with van der Waals surface area (Å²) in [6.07, 6.45) is -3.46. The Hall–Kier alpha value is -3.80. The number of pyridine rings is 1. The van der Waals surface area contributed by atoms with Gasteiger partial charge in [-0.05, 0) is 44.5 Å². The van der Waals surface area contributed by atoms with Crippen LogP contribution in [0.3, 0.4) is 0 Å². The van der Waals surface area contributed by atoms with Crippen LogP contribution in [0.4, 0.5) is 23.7 Å². The molecule has 0 bridgehead atoms. The Balaban J connectivity index is 1.88. The summed E-state index contributed by atoms with van der Waals surface area (Å²) in [6, 6.07) is 6.49. The molecule has 1 aromatic carbocycles. The molecule has 13 heteroatoms. The number of hydrogen-bond donors (Lipinski definition) is 0. The van der Waals surface area contributed by atoms with Gasteiger partial charge in [0.1, 0.15) is 5.69 Å². The quantitative estimate of drug-likeness (QED) is 0.342. The van der Waals surface area contributed by atoms with Crippen LogP contribution >= 0.6 is 11.6 Å². The molecule has 2 heterocycles. The van der Waals surface area contributed by atoms with Crippen molar-refractivity contribution < 1.29 is 37.0 Å². The summed E-state index contributed by atoms with van der Waals surface area (Å²) in [5.74, 6) is -1.22. The standard InChI is InChI=1S/C24H24ClF3N4O5/c1-5-31-21(25)17(13-30-31)32(23(34)36-6-2)22(33)14(3)15-7-9-18(19(11-15)35-4)37-20-10-8-16(12-29-20)24(26,27)28/h7-14H,5-6H2,1-4H3. The molecule has 0 saturated carbocycles. The first-order valence-electron chi connectivity index (χ1n) is 11.1. The molecule has 0 aliphatic carbocycles. The monoisotopic (exact) mass is 540 g/mol. The van der Waals surface area contributed by atoms with Crippen molar-refractivity contribution in [2.75, 3.05) is 18.6 Å². The zero-order chi connectivity index (χ0) is 27.3. The summed E-state index contributed by atoms with van der Waals surface area (Å²) >= 11 is 6.33. The molecule has 9 nitrogen and oxygen atoms in total. The number of rotatable bonds is 8. The van der Waals surface area contributed by atoms with Crippen LogP contribution in [0.25, 0.3) is 0 Å². The molecule has 0 fully saturated rings. The number of halogens is 4. The molecule has 0 aliphatic rings. The number of benzene rings is 1. The molecule has 3 rings (SSSR count). The molecule has 3 aromatic rings. The van der Waals surface area contributed by atoms with Gasteiger partial charge < -0.3 is 14.2 Å². The van der Waals surface area contributed by atoms with Crippen molar-refractivity contribution in [2.45, 2.75) is 39.4 Å². The minimum Gasteiger partial charge on any atom is -0.493 e. The third kappa shape index (κ3) is 6.13. The maximum absolute atomic E-state index is 13.5. The van der Waals surface area contributed by atoms with Gasteiger partial charge in [0.25, 0.3) is 0 Å². The van der Waals surface area contributed by atoms with E-state index in [4.69, 9.17) is 25.8 Å². The first kappa shape index (κ1) is 27.8. The van der Waals surface area contributed by atoms with Gasteiger partial charge in [0.05, 0.1) is 31.4 Å². The maximum atomic E-state index is 13.5. The number of methoxy groups -OCH3 is 1. The third-order valence-corrected chi connectivity index (χ3v) is 5.69. The second-order valence-electron chi connectivity index (χ2n) is 7.63. The van der Waals surface area contributed by atoms with Crippen LogP contribution in [0, 0.1) is 0 Å². The zero-order valence-corrected chi connectivity index (χ0v) is 21.1. The van der Waals surface area contributed by atoms with Gasteiger partial charge in [0.2, 0.25) is 11.8 Å². The van der Waals surface area contributed by atoms with Crippen LogP contribution in [0.5, 0.6) is 17.4 Å². The molecule has 2 aromatic heterocycles. The normalized spacial score (nSPS) is 12.1. The second-order valence-corrected chi connectivity index (χ2v) is 7.98. The fourth-order valence-electron chi connectivity index (χ4n) is 3.32. The summed E-state index contributed by atoms with van der Waals surface area (Å²) in [5.41, 5.74) is -0.368. The van der Waals surface area contributed by atoms with Gasteiger partial charge in [-0.25, -0.2) is 14.7 Å². The largest absolute Gasteiger partial charge is 0.493 e. The Morgan fingerprint density at radius 1 is 1.14 bits per heavy atom. The molecule has 198 valence electrons. The van der Waals surface area contributed by atoms with Gasteiger partial charge >= 0.3 is 12.3 Å². The number of hydrogen-bond acceptors (Lipinski definition) is 7. The van der Waals surface area contributed by atoms with Crippen molar-refractivity contribution in [3.63, 3.8) is 0 Å². The number of amides is 2. The van der Waals surface area contributed by atoms with E-state index in [2.05, 4.69) is 10.1 Å². The summed E-state index contributed by atoms with van der Waals surface area (Å²) in [6.45, 7) is 5.45. The predicted molar refractivity (Wildman–Crippen MR) is 128 cm³/mol. The fourth-order valence-corrected chi connectivity index (χ4v) is 3.62. The van der Waals surface area contributed by atoms with Crippen LogP contribution in [-0.4, -0.2) is 40.5 Å². The van der Waals surface area contributed by atoms with Gasteiger partial charge in [-0.1, -0.05) is 17.7 Å². The predicted octanol–water partition coefficient (Wildman–Crippen LogP) is 6.06. The van der Waals surface area contributed by atoms with Crippen molar-refractivity contribution in [2.24, 2.45) is 0 Å². The van der Waals surface area contributed by atoms with E-state index in [0.29, 0.717) is 18.3 Å². The highest BCUT2D eigenvalue weighted by atomic mass is 35.5. The number of ether oxygens (including phenoxy) is 3. The lowest BCUT2D eigenvalue weighted by Crippen LogP contribution is -2.40. The number of aryl methyl sites for hydroxylation is 1. The topological polar surface area (TPSA) is 95.8 Å². The molecule has 2 amide bonds. The highest BCUT2D eigenvalue weighted by Gasteiger charge is 2.33. The van der Waals surface area contributed by atoms with Gasteiger partial charge in [0, 0.05) is 18.8 Å². The number of aromatic nitrogens is 3. The molecule has 0 N–H and O–H groups in total. The Labute approximate surface area is 215 Å². The maximum Gasteiger partial charge on any atom is 0.421 e. The fraction of sp³-hybridized carbons (Fsp3) is 0.333. The first-order chi connectivity index (χ1) is 17.5. The Morgan fingerprint density at radius 3 is 2.41 bits per heavy atom. The van der Waals surface area contributed by atoms with E-state index in [1.165, 1.54) is 30.1 Å². The lowest BCUT2D eigenvalue weighted by Gasteiger charge is -2.23. The third-order valence-electron chi connectivity index (χ3n) is 5.30. The van der Waals surface area contributed by atoms with Crippen molar-refractivity contribution in [3.05, 3.63) is 59.0 Å². The molecule has 0 aliphatic heterocycles. The summed E-state index contributed by atoms with van der Waals surface area (Å²) < 4.78 is 55.8. The van der Waals surface area contributed by atoms with Crippen molar-refractivity contribution in [3.8, 4) is 17.4 Å². The number of imide groups is 1.